The molecule has 1 aliphatic heterocycles. The van der Waals surface area contributed by atoms with Gasteiger partial charge in [-0.15, -0.1) is 0 Å². The predicted molar refractivity (Wildman–Crippen MR) is 52.0 cm³/mol. The summed E-state index contributed by atoms with van der Waals surface area (Å²) in [7, 11) is -0.771. The van der Waals surface area contributed by atoms with E-state index in [1.54, 1.807) is 0 Å². The molecule has 0 aliphatic carbocycles. The van der Waals surface area contributed by atoms with Crippen molar-refractivity contribution in [3.05, 3.63) is 0 Å². The number of rotatable bonds is 2. The van der Waals surface area contributed by atoms with E-state index in [0.29, 0.717) is 12.0 Å². The Kier molecular flexibility index (Phi) is 3.68. The molecular formula is C8H18N2OS. The van der Waals surface area contributed by atoms with Crippen LogP contribution < -0.4 is 5.73 Å². The second kappa shape index (κ2) is 4.35. The number of hydrogen-bond donors (Lipinski definition) is 1. The summed E-state index contributed by atoms with van der Waals surface area (Å²) in [4.78, 5) is 0. The molecule has 0 saturated carbocycles. The molecule has 3 unspecified atom stereocenters. The average molecular weight is 190 g/mol. The van der Waals surface area contributed by atoms with Gasteiger partial charge in [-0.3, -0.25) is 0 Å². The quantitative estimate of drug-likeness (QED) is 0.682. The molecule has 0 amide bonds. The zero-order valence-corrected chi connectivity index (χ0v) is 8.64. The molecule has 1 fully saturated rings. The van der Waals surface area contributed by atoms with Crippen LogP contribution in [-0.4, -0.2) is 33.4 Å². The van der Waals surface area contributed by atoms with Crippen LogP contribution >= 0.6 is 0 Å². The largest absolute Gasteiger partial charge is 0.327 e. The van der Waals surface area contributed by atoms with Crippen molar-refractivity contribution in [2.45, 2.75) is 26.3 Å². The first-order valence-electron chi connectivity index (χ1n) is 4.54. The van der Waals surface area contributed by atoms with E-state index in [1.165, 1.54) is 0 Å². The van der Waals surface area contributed by atoms with Crippen molar-refractivity contribution >= 4 is 11.0 Å². The fraction of sp³-hybridized carbons (Fsp3) is 1.00. The minimum Gasteiger partial charge on any atom is -0.327 e. The van der Waals surface area contributed by atoms with E-state index in [9.17, 15) is 4.21 Å². The van der Waals surface area contributed by atoms with Gasteiger partial charge < -0.3 is 5.73 Å². The van der Waals surface area contributed by atoms with Gasteiger partial charge in [0.1, 0.15) is 0 Å². The molecule has 12 heavy (non-hydrogen) atoms. The van der Waals surface area contributed by atoms with Gasteiger partial charge in [0.2, 0.25) is 0 Å². The summed E-state index contributed by atoms with van der Waals surface area (Å²) in [5, 5.41) is 0. The van der Waals surface area contributed by atoms with Gasteiger partial charge in [-0.05, 0) is 12.3 Å². The maximum atomic E-state index is 11.4. The van der Waals surface area contributed by atoms with Crippen molar-refractivity contribution in [1.29, 1.82) is 0 Å². The monoisotopic (exact) mass is 190 g/mol. The van der Waals surface area contributed by atoms with Gasteiger partial charge in [-0.1, -0.05) is 13.8 Å². The third kappa shape index (κ3) is 2.28. The highest BCUT2D eigenvalue weighted by Crippen LogP contribution is 2.16. The van der Waals surface area contributed by atoms with Crippen molar-refractivity contribution in [3.63, 3.8) is 0 Å². The molecule has 3 atom stereocenters. The van der Waals surface area contributed by atoms with E-state index in [4.69, 9.17) is 5.73 Å². The molecule has 1 rings (SSSR count). The van der Waals surface area contributed by atoms with Crippen LogP contribution in [0.4, 0.5) is 0 Å². The van der Waals surface area contributed by atoms with E-state index < -0.39 is 11.0 Å². The van der Waals surface area contributed by atoms with Crippen LogP contribution in [0.2, 0.25) is 0 Å². The van der Waals surface area contributed by atoms with Gasteiger partial charge in [-0.2, -0.15) is 0 Å². The molecule has 0 bridgehead atoms. The molecule has 1 aliphatic rings. The topological polar surface area (TPSA) is 46.3 Å². The fourth-order valence-electron chi connectivity index (χ4n) is 1.49. The Balaban J connectivity index is 2.45. The SMILES string of the molecule is CCS(=O)N1CCC(N)C(C)C1. The summed E-state index contributed by atoms with van der Waals surface area (Å²) in [5.41, 5.74) is 5.86. The Morgan fingerprint density at radius 2 is 2.33 bits per heavy atom. The zero-order valence-electron chi connectivity index (χ0n) is 7.82. The first-order valence-corrected chi connectivity index (χ1v) is 5.81. The molecule has 0 radical (unpaired) electrons. The molecule has 2 N–H and O–H groups in total. The summed E-state index contributed by atoms with van der Waals surface area (Å²) in [6.45, 7) is 5.87. The summed E-state index contributed by atoms with van der Waals surface area (Å²) < 4.78 is 13.5. The highest BCUT2D eigenvalue weighted by Gasteiger charge is 2.25. The minimum atomic E-state index is -0.771. The molecule has 0 aromatic carbocycles. The lowest BCUT2D eigenvalue weighted by atomic mass is 9.96. The van der Waals surface area contributed by atoms with Gasteiger partial charge in [0.15, 0.2) is 0 Å². The van der Waals surface area contributed by atoms with E-state index in [2.05, 4.69) is 6.92 Å². The Morgan fingerprint density at radius 1 is 1.67 bits per heavy atom. The van der Waals surface area contributed by atoms with Crippen LogP contribution in [0.25, 0.3) is 0 Å². The second-order valence-electron chi connectivity index (χ2n) is 3.43. The smallest absolute Gasteiger partial charge is 0.0939 e. The molecule has 0 spiro atoms. The van der Waals surface area contributed by atoms with Gasteiger partial charge in [0, 0.05) is 24.9 Å². The van der Waals surface area contributed by atoms with Crippen molar-refractivity contribution in [1.82, 2.24) is 4.31 Å². The first kappa shape index (κ1) is 10.2. The maximum absolute atomic E-state index is 11.4. The summed E-state index contributed by atoms with van der Waals surface area (Å²) in [5.74, 6) is 1.20. The van der Waals surface area contributed by atoms with Gasteiger partial charge in [0.05, 0.1) is 11.0 Å². The lowest BCUT2D eigenvalue weighted by molar-refractivity contribution is 0.259. The zero-order chi connectivity index (χ0) is 9.14. The van der Waals surface area contributed by atoms with E-state index in [1.807, 2.05) is 11.2 Å². The van der Waals surface area contributed by atoms with Crippen molar-refractivity contribution in [2.75, 3.05) is 18.8 Å². The van der Waals surface area contributed by atoms with E-state index in [0.717, 1.165) is 25.3 Å². The third-order valence-electron chi connectivity index (χ3n) is 2.47. The number of nitrogens with two attached hydrogens (primary N) is 1. The van der Waals surface area contributed by atoms with Crippen molar-refractivity contribution in [3.8, 4) is 0 Å². The molecule has 1 saturated heterocycles. The Labute approximate surface area is 76.9 Å². The molecule has 72 valence electrons. The molecular weight excluding hydrogens is 172 g/mol. The number of nitrogens with zero attached hydrogens (tertiary/aromatic N) is 1. The lowest BCUT2D eigenvalue weighted by Gasteiger charge is -2.33. The first-order chi connectivity index (χ1) is 5.65. The molecule has 0 aromatic heterocycles. The summed E-state index contributed by atoms with van der Waals surface area (Å²) in [6, 6.07) is 0.301. The highest BCUT2D eigenvalue weighted by atomic mass is 32.2. The highest BCUT2D eigenvalue weighted by molar-refractivity contribution is 7.82. The second-order valence-corrected chi connectivity index (χ2v) is 5.16. The standard InChI is InChI=1S/C8H18N2OS/c1-3-12(11)10-5-4-8(9)7(2)6-10/h7-8H,3-6,9H2,1-2H3. The van der Waals surface area contributed by atoms with Crippen molar-refractivity contribution in [2.24, 2.45) is 11.7 Å². The molecule has 3 nitrogen and oxygen atoms in total. The maximum Gasteiger partial charge on any atom is 0.0939 e. The normalized spacial score (nSPS) is 34.9. The van der Waals surface area contributed by atoms with Crippen LogP contribution in [0.15, 0.2) is 0 Å². The van der Waals surface area contributed by atoms with Gasteiger partial charge in [-0.25, -0.2) is 8.51 Å². The van der Waals surface area contributed by atoms with Crippen molar-refractivity contribution < 1.29 is 4.21 Å². The van der Waals surface area contributed by atoms with Crippen LogP contribution in [-0.2, 0) is 11.0 Å². The van der Waals surface area contributed by atoms with Crippen LogP contribution in [0.5, 0.6) is 0 Å². The molecule has 1 heterocycles. The van der Waals surface area contributed by atoms with Crippen LogP contribution in [0.1, 0.15) is 20.3 Å². The third-order valence-corrected chi connectivity index (χ3v) is 3.87. The minimum absolute atomic E-state index is 0.301. The molecule has 0 aromatic rings. The predicted octanol–water partition coefficient (Wildman–Crippen LogP) is 0.339. The number of hydrogen-bond acceptors (Lipinski definition) is 2. The van der Waals surface area contributed by atoms with E-state index in [-0.39, 0.29) is 0 Å². The summed E-state index contributed by atoms with van der Waals surface area (Å²) in [6.07, 6.45) is 0.979. The molecule has 4 heteroatoms. The number of piperidine rings is 1. The summed E-state index contributed by atoms with van der Waals surface area (Å²) >= 11 is 0. The van der Waals surface area contributed by atoms with E-state index >= 15 is 0 Å². The lowest BCUT2D eigenvalue weighted by Crippen LogP contribution is -2.46. The fourth-order valence-corrected chi connectivity index (χ4v) is 2.57. The van der Waals surface area contributed by atoms with Gasteiger partial charge in [0.25, 0.3) is 0 Å². The Bertz CT molecular complexity index is 174. The Hall–Kier alpha value is 0.0700. The Morgan fingerprint density at radius 3 is 2.83 bits per heavy atom. The van der Waals surface area contributed by atoms with Crippen LogP contribution in [0, 0.1) is 5.92 Å². The van der Waals surface area contributed by atoms with Crippen LogP contribution in [0.3, 0.4) is 0 Å². The average Bonchev–Trinajstić information content (AvgIpc) is 2.08. The van der Waals surface area contributed by atoms with Gasteiger partial charge >= 0.3 is 0 Å².